The third kappa shape index (κ3) is 3.92. The molecule has 1 fully saturated rings. The zero-order valence-electron chi connectivity index (χ0n) is 15.2. The Morgan fingerprint density at radius 1 is 0.815 bits per heavy atom. The van der Waals surface area contributed by atoms with Gasteiger partial charge in [-0.3, -0.25) is 0 Å². The van der Waals surface area contributed by atoms with Crippen LogP contribution in [0, 0.1) is 0 Å². The van der Waals surface area contributed by atoms with Crippen LogP contribution in [0.2, 0.25) is 0 Å². The van der Waals surface area contributed by atoms with Gasteiger partial charge in [0.25, 0.3) is 0 Å². The molecule has 0 atom stereocenters. The molecule has 3 heterocycles. The van der Waals surface area contributed by atoms with Gasteiger partial charge in [-0.1, -0.05) is 18.2 Å². The summed E-state index contributed by atoms with van der Waals surface area (Å²) in [7, 11) is 1.65. The van der Waals surface area contributed by atoms with Crippen LogP contribution < -0.4 is 19.9 Å². The van der Waals surface area contributed by atoms with Crippen molar-refractivity contribution in [2.24, 2.45) is 0 Å². The van der Waals surface area contributed by atoms with E-state index in [4.69, 9.17) is 4.74 Å². The molecule has 138 valence electrons. The molecule has 27 heavy (non-hydrogen) atoms. The molecule has 0 spiro atoms. The van der Waals surface area contributed by atoms with Gasteiger partial charge < -0.3 is 19.9 Å². The van der Waals surface area contributed by atoms with Crippen molar-refractivity contribution in [2.75, 3.05) is 48.4 Å². The van der Waals surface area contributed by atoms with Gasteiger partial charge in [0.15, 0.2) is 0 Å². The second kappa shape index (κ2) is 7.90. The van der Waals surface area contributed by atoms with Gasteiger partial charge >= 0.3 is 0 Å². The number of aromatic nitrogens is 3. The van der Waals surface area contributed by atoms with Gasteiger partial charge in [0.2, 0.25) is 5.95 Å². The smallest absolute Gasteiger partial charge is 0.229 e. The summed E-state index contributed by atoms with van der Waals surface area (Å²) in [5.74, 6) is 3.26. The van der Waals surface area contributed by atoms with Crippen LogP contribution in [-0.4, -0.2) is 48.2 Å². The minimum atomic E-state index is 0.559. The van der Waals surface area contributed by atoms with Crippen LogP contribution in [0.15, 0.2) is 60.9 Å². The Bertz CT molecular complexity index is 880. The maximum absolute atomic E-state index is 5.38. The van der Waals surface area contributed by atoms with E-state index in [1.165, 1.54) is 0 Å². The Morgan fingerprint density at radius 3 is 2.30 bits per heavy atom. The highest BCUT2D eigenvalue weighted by Crippen LogP contribution is 2.26. The SMILES string of the molecule is COc1ccccc1Nc1nccc(N2CCN(c3ccccn3)CC2)n1. The third-order valence-electron chi connectivity index (χ3n) is 4.57. The van der Waals surface area contributed by atoms with Crippen molar-refractivity contribution in [1.29, 1.82) is 0 Å². The van der Waals surface area contributed by atoms with E-state index in [0.717, 1.165) is 49.3 Å². The number of methoxy groups -OCH3 is 1. The first-order valence-corrected chi connectivity index (χ1v) is 8.97. The fourth-order valence-corrected chi connectivity index (χ4v) is 3.16. The number of para-hydroxylation sites is 2. The number of benzene rings is 1. The fourth-order valence-electron chi connectivity index (χ4n) is 3.16. The largest absolute Gasteiger partial charge is 0.495 e. The van der Waals surface area contributed by atoms with Crippen molar-refractivity contribution in [2.45, 2.75) is 0 Å². The van der Waals surface area contributed by atoms with Crippen LogP contribution in [0.3, 0.4) is 0 Å². The maximum Gasteiger partial charge on any atom is 0.229 e. The highest BCUT2D eigenvalue weighted by atomic mass is 16.5. The van der Waals surface area contributed by atoms with Gasteiger partial charge in [0, 0.05) is 38.6 Å². The molecular weight excluding hydrogens is 340 g/mol. The van der Waals surface area contributed by atoms with E-state index in [9.17, 15) is 0 Å². The van der Waals surface area contributed by atoms with Crippen molar-refractivity contribution >= 4 is 23.3 Å². The van der Waals surface area contributed by atoms with Crippen LogP contribution in [0.25, 0.3) is 0 Å². The van der Waals surface area contributed by atoms with Crippen LogP contribution in [0.4, 0.5) is 23.3 Å². The molecule has 3 aromatic rings. The number of nitrogens with one attached hydrogen (secondary N) is 1. The summed E-state index contributed by atoms with van der Waals surface area (Å²) in [6.45, 7) is 3.61. The van der Waals surface area contributed by atoms with Crippen molar-refractivity contribution in [1.82, 2.24) is 15.0 Å². The maximum atomic E-state index is 5.38. The zero-order chi connectivity index (χ0) is 18.5. The molecular formula is C20H22N6O. The summed E-state index contributed by atoms with van der Waals surface area (Å²) < 4.78 is 5.38. The Hall–Kier alpha value is -3.35. The molecule has 4 rings (SSSR count). The minimum absolute atomic E-state index is 0.559. The molecule has 0 aliphatic carbocycles. The average Bonchev–Trinajstić information content (AvgIpc) is 2.75. The first-order chi connectivity index (χ1) is 13.3. The number of hydrogen-bond acceptors (Lipinski definition) is 7. The summed E-state index contributed by atoms with van der Waals surface area (Å²) >= 11 is 0. The van der Waals surface area contributed by atoms with E-state index in [2.05, 4.69) is 36.1 Å². The van der Waals surface area contributed by atoms with Crippen molar-refractivity contribution < 1.29 is 4.74 Å². The van der Waals surface area contributed by atoms with Crippen LogP contribution in [-0.2, 0) is 0 Å². The Balaban J connectivity index is 1.44. The molecule has 0 unspecified atom stereocenters. The van der Waals surface area contributed by atoms with E-state index >= 15 is 0 Å². The molecule has 7 nitrogen and oxygen atoms in total. The summed E-state index contributed by atoms with van der Waals surface area (Å²) in [6.07, 6.45) is 3.62. The summed E-state index contributed by atoms with van der Waals surface area (Å²) in [4.78, 5) is 18.0. The molecule has 2 aromatic heterocycles. The molecule has 1 saturated heterocycles. The lowest BCUT2D eigenvalue weighted by Crippen LogP contribution is -2.47. The number of piperazine rings is 1. The van der Waals surface area contributed by atoms with E-state index in [1.54, 1.807) is 13.3 Å². The lowest BCUT2D eigenvalue weighted by atomic mass is 10.3. The van der Waals surface area contributed by atoms with E-state index in [-0.39, 0.29) is 0 Å². The Kier molecular flexibility index (Phi) is 5.00. The molecule has 7 heteroatoms. The number of rotatable bonds is 5. The Morgan fingerprint density at radius 2 is 1.56 bits per heavy atom. The molecule has 0 bridgehead atoms. The first-order valence-electron chi connectivity index (χ1n) is 8.97. The third-order valence-corrected chi connectivity index (χ3v) is 4.57. The van der Waals surface area contributed by atoms with Crippen LogP contribution in [0.5, 0.6) is 5.75 Å². The zero-order valence-corrected chi connectivity index (χ0v) is 15.2. The topological polar surface area (TPSA) is 66.4 Å². The summed E-state index contributed by atoms with van der Waals surface area (Å²) in [5.41, 5.74) is 0.845. The highest BCUT2D eigenvalue weighted by molar-refractivity contribution is 5.63. The molecule has 1 aliphatic rings. The van der Waals surface area contributed by atoms with Crippen molar-refractivity contribution in [3.63, 3.8) is 0 Å². The second-order valence-electron chi connectivity index (χ2n) is 6.23. The monoisotopic (exact) mass is 362 g/mol. The van der Waals surface area contributed by atoms with Gasteiger partial charge in [-0.05, 0) is 30.3 Å². The van der Waals surface area contributed by atoms with Crippen LogP contribution >= 0.6 is 0 Å². The average molecular weight is 362 g/mol. The standard InChI is InChI=1S/C20H22N6O/c1-27-17-7-3-2-6-16(17)23-20-22-11-9-19(24-20)26-14-12-25(13-15-26)18-8-4-5-10-21-18/h2-11H,12-15H2,1H3,(H,22,23,24). The molecule has 1 aromatic carbocycles. The predicted molar refractivity (Wildman–Crippen MR) is 107 cm³/mol. The van der Waals surface area contributed by atoms with E-state index in [1.807, 2.05) is 48.7 Å². The van der Waals surface area contributed by atoms with Crippen LogP contribution in [0.1, 0.15) is 0 Å². The number of hydrogen-bond donors (Lipinski definition) is 1. The normalized spacial score (nSPS) is 14.1. The van der Waals surface area contributed by atoms with Gasteiger partial charge in [-0.15, -0.1) is 0 Å². The molecule has 1 N–H and O–H groups in total. The molecule has 0 saturated carbocycles. The van der Waals surface area contributed by atoms with Gasteiger partial charge in [-0.2, -0.15) is 4.98 Å². The van der Waals surface area contributed by atoms with Gasteiger partial charge in [0.05, 0.1) is 12.8 Å². The quantitative estimate of drug-likeness (QED) is 0.748. The highest BCUT2D eigenvalue weighted by Gasteiger charge is 2.19. The number of anilines is 4. The predicted octanol–water partition coefficient (Wildman–Crippen LogP) is 2.95. The molecule has 0 radical (unpaired) electrons. The lowest BCUT2D eigenvalue weighted by molar-refractivity contribution is 0.417. The van der Waals surface area contributed by atoms with Gasteiger partial charge in [-0.25, -0.2) is 9.97 Å². The first kappa shape index (κ1) is 17.1. The van der Waals surface area contributed by atoms with E-state index in [0.29, 0.717) is 5.95 Å². The minimum Gasteiger partial charge on any atom is -0.495 e. The lowest BCUT2D eigenvalue weighted by Gasteiger charge is -2.36. The number of pyridine rings is 1. The van der Waals surface area contributed by atoms with Crippen molar-refractivity contribution in [3.05, 3.63) is 60.9 Å². The molecule has 0 amide bonds. The van der Waals surface area contributed by atoms with E-state index < -0.39 is 0 Å². The fraction of sp³-hybridized carbons (Fsp3) is 0.250. The summed E-state index contributed by atoms with van der Waals surface area (Å²) in [5, 5.41) is 3.24. The Labute approximate surface area is 158 Å². The summed E-state index contributed by atoms with van der Waals surface area (Å²) in [6, 6.07) is 15.7. The number of nitrogens with zero attached hydrogens (tertiary/aromatic N) is 5. The van der Waals surface area contributed by atoms with Crippen molar-refractivity contribution in [3.8, 4) is 5.75 Å². The molecule has 1 aliphatic heterocycles. The second-order valence-corrected chi connectivity index (χ2v) is 6.23. The van der Waals surface area contributed by atoms with Gasteiger partial charge in [0.1, 0.15) is 17.4 Å². The number of ether oxygens (including phenoxy) is 1.